The molecule has 0 radical (unpaired) electrons. The Morgan fingerprint density at radius 1 is 1.25 bits per heavy atom. The van der Waals surface area contributed by atoms with Gasteiger partial charge in [-0.15, -0.1) is 0 Å². The van der Waals surface area contributed by atoms with Crippen molar-refractivity contribution >= 4 is 0 Å². The summed E-state index contributed by atoms with van der Waals surface area (Å²) in [5.41, 5.74) is 0. The van der Waals surface area contributed by atoms with Crippen LogP contribution in [0.3, 0.4) is 0 Å². The summed E-state index contributed by atoms with van der Waals surface area (Å²) in [5, 5.41) is 3.30. The number of methoxy groups -OCH3 is 1. The number of rotatable bonds is 4. The molecule has 2 rings (SSSR count). The highest BCUT2D eigenvalue weighted by atomic mass is 16.5. The van der Waals surface area contributed by atoms with E-state index in [-0.39, 0.29) is 0 Å². The van der Waals surface area contributed by atoms with Crippen LogP contribution < -0.4 is 5.32 Å². The fraction of sp³-hybridized carbons (Fsp3) is 1.00. The zero-order valence-corrected chi connectivity index (χ0v) is 10.7. The molecule has 1 heterocycles. The van der Waals surface area contributed by atoms with Crippen molar-refractivity contribution < 1.29 is 4.74 Å². The summed E-state index contributed by atoms with van der Waals surface area (Å²) in [5.74, 6) is 0.851. The Morgan fingerprint density at radius 2 is 2.06 bits per heavy atom. The molecule has 1 aliphatic heterocycles. The number of nitrogens with zero attached hydrogens (tertiary/aromatic N) is 1. The lowest BCUT2D eigenvalue weighted by molar-refractivity contribution is -0.00394. The Bertz CT molecular complexity index is 210. The SMILES string of the molecule is CNCC1CCN(C2CCCCC2OC)C1. The molecule has 3 heteroatoms. The first-order valence-corrected chi connectivity index (χ1v) is 6.76. The second-order valence-corrected chi connectivity index (χ2v) is 5.33. The Balaban J connectivity index is 1.86. The summed E-state index contributed by atoms with van der Waals surface area (Å²) in [4.78, 5) is 2.68. The van der Waals surface area contributed by atoms with Crippen molar-refractivity contribution in [3.8, 4) is 0 Å². The molecule has 3 unspecified atom stereocenters. The minimum absolute atomic E-state index is 0.488. The average Bonchev–Trinajstić information content (AvgIpc) is 2.78. The van der Waals surface area contributed by atoms with Crippen LogP contribution in [-0.2, 0) is 4.74 Å². The van der Waals surface area contributed by atoms with Crippen molar-refractivity contribution in [1.29, 1.82) is 0 Å². The van der Waals surface area contributed by atoms with Crippen LogP contribution in [0, 0.1) is 5.92 Å². The molecular formula is C13H26N2O. The smallest absolute Gasteiger partial charge is 0.0726 e. The zero-order valence-electron chi connectivity index (χ0n) is 10.7. The van der Waals surface area contributed by atoms with Crippen molar-refractivity contribution in [2.45, 2.75) is 44.2 Å². The molecule has 0 bridgehead atoms. The Kier molecular flexibility index (Phi) is 4.62. The lowest BCUT2D eigenvalue weighted by Crippen LogP contribution is -2.45. The molecular weight excluding hydrogens is 200 g/mol. The highest BCUT2D eigenvalue weighted by Crippen LogP contribution is 2.29. The normalized spacial score (nSPS) is 36.8. The van der Waals surface area contributed by atoms with Gasteiger partial charge in [0.1, 0.15) is 0 Å². The summed E-state index contributed by atoms with van der Waals surface area (Å²) >= 11 is 0. The molecule has 16 heavy (non-hydrogen) atoms. The van der Waals surface area contributed by atoms with Crippen molar-refractivity contribution in [2.75, 3.05) is 33.8 Å². The van der Waals surface area contributed by atoms with Gasteiger partial charge >= 0.3 is 0 Å². The maximum Gasteiger partial charge on any atom is 0.0726 e. The fourth-order valence-corrected chi connectivity index (χ4v) is 3.39. The first kappa shape index (κ1) is 12.3. The maximum atomic E-state index is 5.65. The molecule has 0 amide bonds. The molecule has 3 atom stereocenters. The lowest BCUT2D eigenvalue weighted by atomic mass is 9.91. The molecule has 2 aliphatic rings. The number of likely N-dealkylation sites (tertiary alicyclic amines) is 1. The Hall–Kier alpha value is -0.120. The summed E-state index contributed by atoms with van der Waals surface area (Å²) in [6.45, 7) is 3.71. The van der Waals surface area contributed by atoms with Gasteiger partial charge in [0.25, 0.3) is 0 Å². The molecule has 1 saturated heterocycles. The van der Waals surface area contributed by atoms with Gasteiger partial charge < -0.3 is 10.1 Å². The number of ether oxygens (including phenoxy) is 1. The van der Waals surface area contributed by atoms with Crippen LogP contribution in [0.4, 0.5) is 0 Å². The van der Waals surface area contributed by atoms with E-state index >= 15 is 0 Å². The monoisotopic (exact) mass is 226 g/mol. The summed E-state index contributed by atoms with van der Waals surface area (Å²) < 4.78 is 5.65. The highest BCUT2D eigenvalue weighted by Gasteiger charge is 2.34. The second kappa shape index (κ2) is 5.99. The molecule has 94 valence electrons. The van der Waals surface area contributed by atoms with Gasteiger partial charge in [-0.3, -0.25) is 4.90 Å². The molecule has 2 fully saturated rings. The molecule has 1 N–H and O–H groups in total. The molecule has 3 nitrogen and oxygen atoms in total. The van der Waals surface area contributed by atoms with Crippen LogP contribution in [0.15, 0.2) is 0 Å². The third-order valence-electron chi connectivity index (χ3n) is 4.25. The minimum Gasteiger partial charge on any atom is -0.380 e. The number of nitrogens with one attached hydrogen (secondary N) is 1. The van der Waals surface area contributed by atoms with Crippen LogP contribution in [-0.4, -0.2) is 50.8 Å². The average molecular weight is 226 g/mol. The molecule has 0 spiro atoms. The Morgan fingerprint density at radius 3 is 2.81 bits per heavy atom. The third-order valence-corrected chi connectivity index (χ3v) is 4.25. The van der Waals surface area contributed by atoms with E-state index in [9.17, 15) is 0 Å². The van der Waals surface area contributed by atoms with Crippen molar-refractivity contribution in [3.63, 3.8) is 0 Å². The van der Waals surface area contributed by atoms with E-state index in [1.165, 1.54) is 51.7 Å². The maximum absolute atomic E-state index is 5.65. The summed E-state index contributed by atoms with van der Waals surface area (Å²) in [7, 11) is 3.94. The van der Waals surface area contributed by atoms with Gasteiger partial charge in [-0.05, 0) is 45.3 Å². The topological polar surface area (TPSA) is 24.5 Å². The van der Waals surface area contributed by atoms with Crippen molar-refractivity contribution in [1.82, 2.24) is 10.2 Å². The minimum atomic E-state index is 0.488. The second-order valence-electron chi connectivity index (χ2n) is 5.33. The number of hydrogen-bond acceptors (Lipinski definition) is 3. The number of hydrogen-bond donors (Lipinski definition) is 1. The van der Waals surface area contributed by atoms with Gasteiger partial charge in [-0.1, -0.05) is 12.8 Å². The molecule has 0 aromatic heterocycles. The first-order chi connectivity index (χ1) is 7.85. The van der Waals surface area contributed by atoms with E-state index < -0.39 is 0 Å². The van der Waals surface area contributed by atoms with Crippen LogP contribution >= 0.6 is 0 Å². The third kappa shape index (κ3) is 2.76. The van der Waals surface area contributed by atoms with E-state index in [1.54, 1.807) is 0 Å². The highest BCUT2D eigenvalue weighted by molar-refractivity contribution is 4.89. The van der Waals surface area contributed by atoms with Crippen molar-refractivity contribution in [3.05, 3.63) is 0 Å². The first-order valence-electron chi connectivity index (χ1n) is 6.76. The molecule has 0 aromatic rings. The van der Waals surface area contributed by atoms with Crippen LogP contribution in [0.5, 0.6) is 0 Å². The predicted octanol–water partition coefficient (Wildman–Crippen LogP) is 1.49. The summed E-state index contributed by atoms with van der Waals surface area (Å²) in [6.07, 6.45) is 7.18. The standard InChI is InChI=1S/C13H26N2O/c1-14-9-11-7-8-15(10-11)12-5-3-4-6-13(12)16-2/h11-14H,3-10H2,1-2H3. The van der Waals surface area contributed by atoms with Crippen LogP contribution in [0.2, 0.25) is 0 Å². The fourth-order valence-electron chi connectivity index (χ4n) is 3.39. The van der Waals surface area contributed by atoms with Gasteiger partial charge in [0, 0.05) is 19.7 Å². The molecule has 0 aromatic carbocycles. The summed E-state index contributed by atoms with van der Waals surface area (Å²) in [6, 6.07) is 0.695. The Labute approximate surface area is 99.5 Å². The van der Waals surface area contributed by atoms with Gasteiger partial charge in [0.15, 0.2) is 0 Å². The van der Waals surface area contributed by atoms with E-state index in [1.807, 2.05) is 7.11 Å². The van der Waals surface area contributed by atoms with Gasteiger partial charge in [-0.25, -0.2) is 0 Å². The van der Waals surface area contributed by atoms with E-state index in [0.717, 1.165) is 5.92 Å². The molecule has 1 aliphatic carbocycles. The molecule has 1 saturated carbocycles. The van der Waals surface area contributed by atoms with Crippen LogP contribution in [0.1, 0.15) is 32.1 Å². The lowest BCUT2D eigenvalue weighted by Gasteiger charge is -2.37. The van der Waals surface area contributed by atoms with E-state index in [0.29, 0.717) is 12.1 Å². The van der Waals surface area contributed by atoms with E-state index in [2.05, 4.69) is 17.3 Å². The van der Waals surface area contributed by atoms with Crippen LogP contribution in [0.25, 0.3) is 0 Å². The van der Waals surface area contributed by atoms with Gasteiger partial charge in [0.2, 0.25) is 0 Å². The van der Waals surface area contributed by atoms with E-state index in [4.69, 9.17) is 4.74 Å². The predicted molar refractivity (Wildman–Crippen MR) is 66.7 cm³/mol. The van der Waals surface area contributed by atoms with Crippen molar-refractivity contribution in [2.24, 2.45) is 5.92 Å². The zero-order chi connectivity index (χ0) is 11.4. The van der Waals surface area contributed by atoms with Gasteiger partial charge in [0.05, 0.1) is 6.10 Å². The van der Waals surface area contributed by atoms with Gasteiger partial charge in [-0.2, -0.15) is 0 Å². The largest absolute Gasteiger partial charge is 0.380 e. The quantitative estimate of drug-likeness (QED) is 0.786.